The van der Waals surface area contributed by atoms with Gasteiger partial charge in [0.2, 0.25) is 0 Å². The number of carbonyl (C=O) groups excluding carboxylic acids is 3. The van der Waals surface area contributed by atoms with Crippen LogP contribution in [0.1, 0.15) is 96.6 Å². The van der Waals surface area contributed by atoms with Crippen LogP contribution in [-0.2, 0) is 33.4 Å². The van der Waals surface area contributed by atoms with Crippen molar-refractivity contribution >= 4 is 51.7 Å². The van der Waals surface area contributed by atoms with Crippen molar-refractivity contribution in [3.63, 3.8) is 0 Å². The van der Waals surface area contributed by atoms with E-state index in [2.05, 4.69) is 29.3 Å². The average Bonchev–Trinajstić information content (AvgIpc) is 3.49. The van der Waals surface area contributed by atoms with Gasteiger partial charge in [-0.25, -0.2) is 9.78 Å². The molecule has 1 aromatic heterocycles. The van der Waals surface area contributed by atoms with Crippen LogP contribution in [-0.4, -0.2) is 90.2 Å². The van der Waals surface area contributed by atoms with Crippen molar-refractivity contribution in [1.29, 1.82) is 0 Å². The molecule has 2 atom stereocenters. The summed E-state index contributed by atoms with van der Waals surface area (Å²) in [5.41, 5.74) is 6.02. The molecule has 12 nitrogen and oxygen atoms in total. The highest BCUT2D eigenvalue weighted by atomic mass is 32.2. The molecule has 3 heterocycles. The van der Waals surface area contributed by atoms with Gasteiger partial charge in [-0.05, 0) is 18.9 Å². The molecule has 0 saturated carbocycles. The Morgan fingerprint density at radius 2 is 1.63 bits per heavy atom. The summed E-state index contributed by atoms with van der Waals surface area (Å²) in [6.45, 7) is 6.02. The number of hydrogen-bond donors (Lipinski definition) is 2. The van der Waals surface area contributed by atoms with Gasteiger partial charge in [0.05, 0.1) is 13.2 Å². The van der Waals surface area contributed by atoms with E-state index in [4.69, 9.17) is 24.8 Å². The van der Waals surface area contributed by atoms with Gasteiger partial charge in [-0.2, -0.15) is 0 Å². The molecule has 14 heteroatoms. The second kappa shape index (κ2) is 21.2. The zero-order chi connectivity index (χ0) is 33.1. The van der Waals surface area contributed by atoms with E-state index >= 15 is 0 Å². The summed E-state index contributed by atoms with van der Waals surface area (Å²) >= 11 is 2.59. The van der Waals surface area contributed by atoms with Gasteiger partial charge < -0.3 is 30.1 Å². The number of carbonyl (C=O) groups is 3. The highest BCUT2D eigenvalue weighted by Crippen LogP contribution is 2.38. The summed E-state index contributed by atoms with van der Waals surface area (Å²) in [6, 6.07) is -0.857. The summed E-state index contributed by atoms with van der Waals surface area (Å²) in [5.74, 6) is -1.19. The molecule has 2 amide bonds. The Labute approximate surface area is 281 Å². The maximum atomic E-state index is 13.4. The third-order valence-corrected chi connectivity index (χ3v) is 9.53. The van der Waals surface area contributed by atoms with Crippen LogP contribution in [0.5, 0.6) is 0 Å². The third-order valence-electron chi connectivity index (χ3n) is 7.67. The van der Waals surface area contributed by atoms with Crippen LogP contribution in [0.3, 0.4) is 0 Å². The molecule has 1 unspecified atom stereocenters. The highest BCUT2D eigenvalue weighted by molar-refractivity contribution is 8.00. The number of fused-ring (bicyclic) bond motifs is 1. The Balaban J connectivity index is 1.53. The van der Waals surface area contributed by atoms with Crippen molar-refractivity contribution in [2.24, 2.45) is 5.16 Å². The fourth-order valence-corrected chi connectivity index (χ4v) is 6.90. The second-order valence-corrected chi connectivity index (χ2v) is 13.4. The molecule has 1 fully saturated rings. The van der Waals surface area contributed by atoms with Crippen LogP contribution < -0.4 is 11.1 Å². The number of amides is 2. The van der Waals surface area contributed by atoms with E-state index in [1.165, 1.54) is 75.1 Å². The predicted octanol–water partition coefficient (Wildman–Crippen LogP) is 5.03. The lowest BCUT2D eigenvalue weighted by molar-refractivity contribution is -0.159. The van der Waals surface area contributed by atoms with E-state index in [0.717, 1.165) is 37.0 Å². The first-order valence-electron chi connectivity index (χ1n) is 16.6. The van der Waals surface area contributed by atoms with Crippen molar-refractivity contribution < 1.29 is 33.4 Å². The minimum absolute atomic E-state index is 0.0950. The van der Waals surface area contributed by atoms with Gasteiger partial charge in [-0.1, -0.05) is 83.2 Å². The maximum absolute atomic E-state index is 13.4. The molecule has 1 saturated heterocycles. The Kier molecular flexibility index (Phi) is 17.4. The van der Waals surface area contributed by atoms with Crippen molar-refractivity contribution in [3.05, 3.63) is 22.8 Å². The quantitative estimate of drug-likeness (QED) is 0.0499. The Morgan fingerprint density at radius 1 is 1.02 bits per heavy atom. The second-order valence-electron chi connectivity index (χ2n) is 11.4. The van der Waals surface area contributed by atoms with Crippen LogP contribution in [0.2, 0.25) is 0 Å². The molecule has 0 aliphatic carbocycles. The first kappa shape index (κ1) is 37.8. The normalized spacial score (nSPS) is 17.8. The number of hydrogen-bond acceptors (Lipinski definition) is 12. The van der Waals surface area contributed by atoms with E-state index in [-0.39, 0.29) is 35.4 Å². The summed E-state index contributed by atoms with van der Waals surface area (Å²) in [6.07, 6.45) is 15.0. The molecule has 258 valence electrons. The lowest BCUT2D eigenvalue weighted by Gasteiger charge is -2.48. The Hall–Kier alpha value is -2.68. The van der Waals surface area contributed by atoms with Crippen molar-refractivity contribution in [3.8, 4) is 0 Å². The van der Waals surface area contributed by atoms with Gasteiger partial charge in [-0.15, -0.1) is 23.1 Å². The Bertz CT molecular complexity index is 1140. The van der Waals surface area contributed by atoms with Gasteiger partial charge in [0.25, 0.3) is 11.8 Å². The molecule has 0 spiro atoms. The molecular formula is C32H51N5O7S2. The van der Waals surface area contributed by atoms with E-state index in [9.17, 15) is 14.4 Å². The van der Waals surface area contributed by atoms with E-state index in [1.807, 2.05) is 0 Å². The molecule has 0 radical (unpaired) electrons. The number of nitrogen functional groups attached to an aromatic ring is 1. The third kappa shape index (κ3) is 11.8. The van der Waals surface area contributed by atoms with Crippen LogP contribution >= 0.6 is 23.1 Å². The first-order chi connectivity index (χ1) is 22.4. The topological polar surface area (TPSA) is 155 Å². The van der Waals surface area contributed by atoms with Crippen LogP contribution in [0.15, 0.2) is 22.3 Å². The van der Waals surface area contributed by atoms with E-state index in [0.29, 0.717) is 19.0 Å². The number of esters is 1. The molecular weight excluding hydrogens is 631 g/mol. The van der Waals surface area contributed by atoms with Crippen LogP contribution in [0, 0.1) is 0 Å². The number of rotatable bonds is 24. The number of ether oxygens (including phenoxy) is 3. The highest BCUT2D eigenvalue weighted by Gasteiger charge is 2.53. The van der Waals surface area contributed by atoms with E-state index in [1.54, 1.807) is 11.5 Å². The number of aromatic nitrogens is 1. The molecule has 0 bridgehead atoms. The molecule has 2 aliphatic heterocycles. The van der Waals surface area contributed by atoms with Crippen molar-refractivity contribution in [2.45, 2.75) is 108 Å². The van der Waals surface area contributed by atoms with Gasteiger partial charge in [0, 0.05) is 24.3 Å². The standard InChI is InChI=1S/C32H51N5O7S2/c1-4-6-8-10-12-14-17-42-20-23(21-43-18-15-13-11-9-7-5-2)44-31(40)25-16-19-45-30-27(29(39)37(25)30)35-28(38)26(36-41-3)24-22-46-32(33)34-24/h16,22-23,27,30H,4-15,17-21H2,1-3H3,(H2,33,34)(H,35,38)/t27?,30-/m1/s1. The molecule has 1 aromatic rings. The minimum Gasteiger partial charge on any atom is -0.453 e. The number of thioether (sulfide) groups is 1. The maximum Gasteiger partial charge on any atom is 0.355 e. The number of anilines is 1. The number of nitrogens with zero attached hydrogens (tertiary/aromatic N) is 3. The van der Waals surface area contributed by atoms with Crippen LogP contribution in [0.25, 0.3) is 0 Å². The van der Waals surface area contributed by atoms with E-state index < -0.39 is 35.3 Å². The lowest BCUT2D eigenvalue weighted by Crippen LogP contribution is -2.70. The van der Waals surface area contributed by atoms with Crippen molar-refractivity contribution in [2.75, 3.05) is 45.0 Å². The minimum atomic E-state index is -0.857. The largest absolute Gasteiger partial charge is 0.453 e. The predicted molar refractivity (Wildman–Crippen MR) is 181 cm³/mol. The SMILES string of the molecule is CCCCCCCCOCC(COCCCCCCCC)OC(=O)C1=CCS[C@@H]2C(NC(=O)C(=NOC)c3csc(N)n3)C(=O)N12. The number of thiazole rings is 1. The summed E-state index contributed by atoms with van der Waals surface area (Å²) in [5, 5.41) is 7.87. The average molecular weight is 682 g/mol. The lowest BCUT2D eigenvalue weighted by atomic mass is 10.0. The Morgan fingerprint density at radius 3 is 2.20 bits per heavy atom. The van der Waals surface area contributed by atoms with Gasteiger partial charge in [0.15, 0.2) is 10.8 Å². The number of unbranched alkanes of at least 4 members (excludes halogenated alkanes) is 10. The summed E-state index contributed by atoms with van der Waals surface area (Å²) < 4.78 is 17.6. The number of nitrogens with one attached hydrogen (secondary N) is 1. The van der Waals surface area contributed by atoms with Crippen molar-refractivity contribution in [1.82, 2.24) is 15.2 Å². The molecule has 3 rings (SSSR count). The number of oxime groups is 1. The van der Waals surface area contributed by atoms with Crippen LogP contribution in [0.4, 0.5) is 5.13 Å². The molecule has 2 aliphatic rings. The molecule has 0 aromatic carbocycles. The smallest absolute Gasteiger partial charge is 0.355 e. The first-order valence-corrected chi connectivity index (χ1v) is 18.5. The zero-order valence-corrected chi connectivity index (χ0v) is 29.1. The summed E-state index contributed by atoms with van der Waals surface area (Å²) in [4.78, 5) is 49.9. The van der Waals surface area contributed by atoms with Gasteiger partial charge >= 0.3 is 5.97 Å². The fourth-order valence-electron chi connectivity index (χ4n) is 5.16. The van der Waals surface area contributed by atoms with Gasteiger partial charge in [0.1, 0.15) is 36.0 Å². The molecule has 3 N–H and O–H groups in total. The summed E-state index contributed by atoms with van der Waals surface area (Å²) in [7, 11) is 1.31. The fraction of sp³-hybridized carbons (Fsp3) is 0.719. The molecule has 46 heavy (non-hydrogen) atoms. The number of β-lactam (4-membered cyclic amide) rings is 1. The zero-order valence-electron chi connectivity index (χ0n) is 27.5. The number of nitrogens with two attached hydrogens (primary N) is 1. The monoisotopic (exact) mass is 681 g/mol. The van der Waals surface area contributed by atoms with Gasteiger partial charge in [-0.3, -0.25) is 14.5 Å².